The molecular formula is C27H36BrN5O8. The fraction of sp³-hybridized carbons (Fsp3) is 0.481. The average Bonchev–Trinajstić information content (AvgIpc) is 2.90. The molecule has 1 aliphatic rings. The number of aliphatic carboxylic acids is 1. The van der Waals surface area contributed by atoms with Crippen molar-refractivity contribution in [2.24, 2.45) is 0 Å². The van der Waals surface area contributed by atoms with Crippen LogP contribution in [0.15, 0.2) is 40.0 Å². The minimum absolute atomic E-state index is 0.0113. The minimum atomic E-state index is -1.02. The number of benzene rings is 1. The maximum absolute atomic E-state index is 12.9. The van der Waals surface area contributed by atoms with E-state index in [1.165, 1.54) is 4.90 Å². The molecule has 224 valence electrons. The Morgan fingerprint density at radius 3 is 2.00 bits per heavy atom. The van der Waals surface area contributed by atoms with E-state index in [2.05, 4.69) is 37.2 Å². The highest BCUT2D eigenvalue weighted by Crippen LogP contribution is 2.32. The monoisotopic (exact) mass is 637 g/mol. The molecule has 0 fully saturated rings. The number of esters is 1. The predicted octanol–water partition coefficient (Wildman–Crippen LogP) is 1.74. The van der Waals surface area contributed by atoms with Gasteiger partial charge < -0.3 is 31.1 Å². The molecule has 0 aromatic heterocycles. The van der Waals surface area contributed by atoms with E-state index in [-0.39, 0.29) is 76.2 Å². The SMILES string of the molecule is CCOC(=O)C1=C(C)N(CCCC(=O)NCCC(=O)NCCC(=O)NCCC(=O)O)C(=O)NC1c1ccc(Br)cc1. The third kappa shape index (κ3) is 11.2. The van der Waals surface area contributed by atoms with Crippen LogP contribution in [0.2, 0.25) is 0 Å². The number of ether oxygens (including phenoxy) is 1. The van der Waals surface area contributed by atoms with Gasteiger partial charge in [0.2, 0.25) is 17.7 Å². The zero-order chi connectivity index (χ0) is 30.4. The molecule has 1 aliphatic heterocycles. The molecule has 0 radical (unpaired) electrons. The number of halogens is 1. The van der Waals surface area contributed by atoms with Crippen LogP contribution in [0.25, 0.3) is 0 Å². The second-order valence-corrected chi connectivity index (χ2v) is 10.0. The summed E-state index contributed by atoms with van der Waals surface area (Å²) in [5.74, 6) is -2.56. The van der Waals surface area contributed by atoms with Gasteiger partial charge in [-0.1, -0.05) is 28.1 Å². The van der Waals surface area contributed by atoms with Crippen LogP contribution >= 0.6 is 15.9 Å². The number of rotatable bonds is 16. The molecule has 1 heterocycles. The van der Waals surface area contributed by atoms with Gasteiger partial charge in [-0.3, -0.25) is 24.1 Å². The summed E-state index contributed by atoms with van der Waals surface area (Å²) in [5, 5.41) is 19.0. The fourth-order valence-corrected chi connectivity index (χ4v) is 4.30. The topological polar surface area (TPSA) is 183 Å². The lowest BCUT2D eigenvalue weighted by molar-refractivity contribution is -0.139. The van der Waals surface area contributed by atoms with Gasteiger partial charge in [0.25, 0.3) is 0 Å². The Hall–Kier alpha value is -3.94. The van der Waals surface area contributed by atoms with Crippen LogP contribution in [0, 0.1) is 0 Å². The number of carboxylic acid groups (broad SMARTS) is 1. The number of nitrogens with one attached hydrogen (secondary N) is 4. The van der Waals surface area contributed by atoms with Gasteiger partial charge in [-0.15, -0.1) is 0 Å². The third-order valence-electron chi connectivity index (χ3n) is 6.09. The lowest BCUT2D eigenvalue weighted by Gasteiger charge is -2.35. The Morgan fingerprint density at radius 1 is 0.927 bits per heavy atom. The van der Waals surface area contributed by atoms with E-state index in [0.29, 0.717) is 17.7 Å². The molecule has 0 bridgehead atoms. The number of carbonyl (C=O) groups is 6. The van der Waals surface area contributed by atoms with Gasteiger partial charge in [0, 0.05) is 55.6 Å². The Kier molecular flexibility index (Phi) is 13.8. The average molecular weight is 639 g/mol. The number of carboxylic acids is 1. The predicted molar refractivity (Wildman–Crippen MR) is 151 cm³/mol. The molecule has 41 heavy (non-hydrogen) atoms. The first-order chi connectivity index (χ1) is 19.5. The lowest BCUT2D eigenvalue weighted by Crippen LogP contribution is -2.48. The van der Waals surface area contributed by atoms with Gasteiger partial charge in [0.05, 0.1) is 24.6 Å². The van der Waals surface area contributed by atoms with Crippen molar-refractivity contribution >= 4 is 51.6 Å². The van der Waals surface area contributed by atoms with E-state index in [9.17, 15) is 28.8 Å². The van der Waals surface area contributed by atoms with Gasteiger partial charge in [-0.05, 0) is 38.0 Å². The molecule has 1 unspecified atom stereocenters. The first-order valence-electron chi connectivity index (χ1n) is 13.3. The number of amides is 5. The van der Waals surface area contributed by atoms with Crippen LogP contribution in [0.5, 0.6) is 0 Å². The van der Waals surface area contributed by atoms with E-state index in [1.807, 2.05) is 24.3 Å². The van der Waals surface area contributed by atoms with Crippen molar-refractivity contribution in [3.63, 3.8) is 0 Å². The maximum atomic E-state index is 12.9. The second-order valence-electron chi connectivity index (χ2n) is 9.10. The molecule has 2 rings (SSSR count). The molecule has 0 spiro atoms. The molecule has 14 heteroatoms. The number of allylic oxidation sites excluding steroid dienone is 1. The van der Waals surface area contributed by atoms with E-state index in [4.69, 9.17) is 9.84 Å². The van der Waals surface area contributed by atoms with Gasteiger partial charge in [-0.2, -0.15) is 0 Å². The molecule has 5 amide bonds. The smallest absolute Gasteiger partial charge is 0.338 e. The summed E-state index contributed by atoms with van der Waals surface area (Å²) < 4.78 is 6.12. The fourth-order valence-electron chi connectivity index (χ4n) is 4.03. The largest absolute Gasteiger partial charge is 0.481 e. The number of hydrogen-bond donors (Lipinski definition) is 5. The van der Waals surface area contributed by atoms with E-state index < -0.39 is 24.0 Å². The molecule has 0 saturated heterocycles. The first-order valence-corrected chi connectivity index (χ1v) is 14.1. The number of urea groups is 1. The summed E-state index contributed by atoms with van der Waals surface area (Å²) >= 11 is 3.38. The van der Waals surface area contributed by atoms with E-state index >= 15 is 0 Å². The highest BCUT2D eigenvalue weighted by Gasteiger charge is 2.36. The van der Waals surface area contributed by atoms with Crippen molar-refractivity contribution in [1.82, 2.24) is 26.2 Å². The second kappa shape index (κ2) is 17.0. The summed E-state index contributed by atoms with van der Waals surface area (Å²) in [6, 6.07) is 6.19. The Morgan fingerprint density at radius 2 is 1.46 bits per heavy atom. The van der Waals surface area contributed by atoms with Crippen molar-refractivity contribution in [1.29, 1.82) is 0 Å². The lowest BCUT2D eigenvalue weighted by atomic mass is 9.95. The normalized spacial score (nSPS) is 14.7. The quantitative estimate of drug-likeness (QED) is 0.170. The Bertz CT molecular complexity index is 1150. The summed E-state index contributed by atoms with van der Waals surface area (Å²) in [6.45, 7) is 3.96. The van der Waals surface area contributed by atoms with Crippen molar-refractivity contribution in [3.8, 4) is 0 Å². The number of hydrogen-bond acceptors (Lipinski definition) is 7. The van der Waals surface area contributed by atoms with E-state index in [1.54, 1.807) is 13.8 Å². The molecule has 0 aliphatic carbocycles. The van der Waals surface area contributed by atoms with Gasteiger partial charge in [-0.25, -0.2) is 9.59 Å². The summed E-state index contributed by atoms with van der Waals surface area (Å²) in [6.07, 6.45) is 0.264. The van der Waals surface area contributed by atoms with Crippen LogP contribution in [-0.4, -0.2) is 78.5 Å². The Labute approximate surface area is 246 Å². The molecular weight excluding hydrogens is 602 g/mol. The van der Waals surface area contributed by atoms with Gasteiger partial charge >= 0.3 is 18.0 Å². The van der Waals surface area contributed by atoms with Crippen LogP contribution in [0.1, 0.15) is 57.6 Å². The van der Waals surface area contributed by atoms with Crippen molar-refractivity contribution in [2.45, 2.75) is 52.0 Å². The van der Waals surface area contributed by atoms with E-state index in [0.717, 1.165) is 10.0 Å². The molecule has 13 nitrogen and oxygen atoms in total. The van der Waals surface area contributed by atoms with Crippen molar-refractivity contribution in [3.05, 3.63) is 45.6 Å². The minimum Gasteiger partial charge on any atom is -0.481 e. The van der Waals surface area contributed by atoms with Gasteiger partial charge in [0.15, 0.2) is 0 Å². The molecule has 5 N–H and O–H groups in total. The Balaban J connectivity index is 1.80. The van der Waals surface area contributed by atoms with Crippen LogP contribution < -0.4 is 21.3 Å². The molecule has 0 saturated carbocycles. The highest BCUT2D eigenvalue weighted by molar-refractivity contribution is 9.10. The summed E-state index contributed by atoms with van der Waals surface area (Å²) in [7, 11) is 0. The summed E-state index contributed by atoms with van der Waals surface area (Å²) in [4.78, 5) is 73.4. The first kappa shape index (κ1) is 33.3. The van der Waals surface area contributed by atoms with Crippen LogP contribution in [0.3, 0.4) is 0 Å². The molecule has 1 aromatic carbocycles. The van der Waals surface area contributed by atoms with Gasteiger partial charge in [0.1, 0.15) is 0 Å². The zero-order valence-corrected chi connectivity index (χ0v) is 24.7. The van der Waals surface area contributed by atoms with Crippen LogP contribution in [-0.2, 0) is 28.7 Å². The highest BCUT2D eigenvalue weighted by atomic mass is 79.9. The number of nitrogens with zero attached hydrogens (tertiary/aromatic N) is 1. The summed E-state index contributed by atoms with van der Waals surface area (Å²) in [5.41, 5.74) is 1.50. The van der Waals surface area contributed by atoms with Crippen LogP contribution in [0.4, 0.5) is 4.79 Å². The van der Waals surface area contributed by atoms with Crippen molar-refractivity contribution in [2.75, 3.05) is 32.8 Å². The van der Waals surface area contributed by atoms with Crippen molar-refractivity contribution < 1.29 is 38.6 Å². The maximum Gasteiger partial charge on any atom is 0.338 e. The molecule has 1 aromatic rings. The number of carbonyl (C=O) groups excluding carboxylic acids is 5. The molecule has 1 atom stereocenters. The standard InChI is InChI=1S/C27H36BrN5O8/c1-3-41-26(39)24-17(2)33(27(40)32-25(24)18-6-8-19(28)9-7-18)16-4-5-20(34)29-13-10-21(35)30-14-11-22(36)31-15-12-23(37)38/h6-9,25H,3-5,10-16H2,1-2H3,(H,29,34)(H,30,35)(H,31,36)(H,32,40)(H,37,38). The zero-order valence-electron chi connectivity index (χ0n) is 23.1. The third-order valence-corrected chi connectivity index (χ3v) is 6.62.